The zero-order valence-corrected chi connectivity index (χ0v) is 10.1. The highest BCUT2D eigenvalue weighted by Crippen LogP contribution is 2.30. The lowest BCUT2D eigenvalue weighted by Gasteiger charge is -2.18. The minimum absolute atomic E-state index is 0.0199. The molecule has 1 aliphatic rings. The Morgan fingerprint density at radius 2 is 2.11 bits per heavy atom. The van der Waals surface area contributed by atoms with Crippen LogP contribution in [0.2, 0.25) is 5.15 Å². The van der Waals surface area contributed by atoms with Crippen molar-refractivity contribution in [3.63, 3.8) is 0 Å². The number of hydrogen-bond acceptors (Lipinski definition) is 4. The average Bonchev–Trinajstić information content (AvgIpc) is 2.66. The first-order valence-electron chi connectivity index (χ1n) is 5.50. The van der Waals surface area contributed by atoms with Gasteiger partial charge in [-0.2, -0.15) is 13.2 Å². The third-order valence-corrected chi connectivity index (χ3v) is 3.18. The van der Waals surface area contributed by atoms with Gasteiger partial charge in [-0.15, -0.1) is 0 Å². The average molecular weight is 281 g/mol. The fraction of sp³-hybridized carbons (Fsp3) is 0.600. The fourth-order valence-electron chi connectivity index (χ4n) is 1.94. The highest BCUT2D eigenvalue weighted by molar-refractivity contribution is 6.31. The number of hydrogen-bond donors (Lipinski definition) is 2. The topological polar surface area (TPSA) is 63.8 Å². The number of nitrogens with two attached hydrogens (primary N) is 1. The normalized spacial score (nSPS) is 24.3. The number of nitrogens with one attached hydrogen (secondary N) is 1. The van der Waals surface area contributed by atoms with Gasteiger partial charge < -0.3 is 11.1 Å². The van der Waals surface area contributed by atoms with E-state index in [2.05, 4.69) is 15.3 Å². The van der Waals surface area contributed by atoms with Crippen LogP contribution in [0.25, 0.3) is 0 Å². The molecule has 8 heteroatoms. The molecule has 0 aromatic carbocycles. The Bertz CT molecular complexity index is 438. The van der Waals surface area contributed by atoms with Crippen molar-refractivity contribution in [1.29, 1.82) is 0 Å². The molecule has 1 aromatic rings. The minimum atomic E-state index is -4.54. The predicted molar refractivity (Wildman–Crippen MR) is 61.3 cm³/mol. The molecule has 1 fully saturated rings. The van der Waals surface area contributed by atoms with Crippen LogP contribution in [0.3, 0.4) is 0 Å². The molecule has 100 valence electrons. The molecule has 1 aromatic heterocycles. The Labute approximate surface area is 107 Å². The molecule has 3 N–H and O–H groups in total. The molecule has 0 bridgehead atoms. The molecule has 1 aliphatic carbocycles. The standard InChI is InChI=1S/C10H12ClF3N4/c11-8-9(17-6-3-1-2-5(6)15)16-4-7(18-8)10(12,13)14/h4-6H,1-3,15H2,(H,16,17)/t5-,6-/m0/s1. The van der Waals surface area contributed by atoms with E-state index in [1.54, 1.807) is 0 Å². The van der Waals surface area contributed by atoms with Crippen LogP contribution in [0.1, 0.15) is 25.0 Å². The van der Waals surface area contributed by atoms with Gasteiger partial charge in [-0.25, -0.2) is 9.97 Å². The fourth-order valence-corrected chi connectivity index (χ4v) is 2.14. The van der Waals surface area contributed by atoms with Gasteiger partial charge in [0.1, 0.15) is 0 Å². The van der Waals surface area contributed by atoms with Gasteiger partial charge >= 0.3 is 6.18 Å². The lowest BCUT2D eigenvalue weighted by molar-refractivity contribution is -0.141. The predicted octanol–water partition coefficient (Wildman–Crippen LogP) is 2.44. The lowest BCUT2D eigenvalue weighted by Crippen LogP contribution is -2.35. The smallest absolute Gasteiger partial charge is 0.363 e. The number of aromatic nitrogens is 2. The first-order chi connectivity index (χ1) is 8.38. The van der Waals surface area contributed by atoms with Gasteiger partial charge in [0.25, 0.3) is 0 Å². The maximum atomic E-state index is 12.4. The number of nitrogens with zero attached hydrogens (tertiary/aromatic N) is 2. The first-order valence-corrected chi connectivity index (χ1v) is 5.87. The molecule has 4 nitrogen and oxygen atoms in total. The molecule has 2 atom stereocenters. The molecule has 0 radical (unpaired) electrons. The summed E-state index contributed by atoms with van der Waals surface area (Å²) in [5.41, 5.74) is 4.74. The molecule has 0 unspecified atom stereocenters. The van der Waals surface area contributed by atoms with Crippen molar-refractivity contribution in [2.24, 2.45) is 5.73 Å². The Balaban J connectivity index is 2.15. The SMILES string of the molecule is N[C@H]1CCC[C@@H]1Nc1ncc(C(F)(F)F)nc1Cl. The van der Waals surface area contributed by atoms with Crippen LogP contribution in [0, 0.1) is 0 Å². The van der Waals surface area contributed by atoms with Gasteiger partial charge in [0, 0.05) is 12.1 Å². The largest absolute Gasteiger partial charge is 0.434 e. The molecular formula is C10H12ClF3N4. The molecule has 2 rings (SSSR count). The van der Waals surface area contributed by atoms with Crippen molar-refractivity contribution in [3.05, 3.63) is 17.0 Å². The van der Waals surface area contributed by atoms with Crippen molar-refractivity contribution in [2.45, 2.75) is 37.5 Å². The summed E-state index contributed by atoms with van der Waals surface area (Å²) in [5.74, 6) is 0.145. The van der Waals surface area contributed by atoms with Crippen molar-refractivity contribution < 1.29 is 13.2 Å². The van der Waals surface area contributed by atoms with E-state index in [1.807, 2.05) is 0 Å². The van der Waals surface area contributed by atoms with E-state index >= 15 is 0 Å². The van der Waals surface area contributed by atoms with E-state index in [9.17, 15) is 13.2 Å². The Morgan fingerprint density at radius 1 is 1.39 bits per heavy atom. The summed E-state index contributed by atoms with van der Waals surface area (Å²) < 4.78 is 37.1. The lowest BCUT2D eigenvalue weighted by atomic mass is 10.2. The van der Waals surface area contributed by atoms with E-state index in [0.29, 0.717) is 6.20 Å². The maximum Gasteiger partial charge on any atom is 0.434 e. The van der Waals surface area contributed by atoms with E-state index in [-0.39, 0.29) is 23.1 Å². The summed E-state index contributed by atoms with van der Waals surface area (Å²) in [7, 11) is 0. The van der Waals surface area contributed by atoms with E-state index in [0.717, 1.165) is 19.3 Å². The molecule has 1 saturated carbocycles. The number of halogens is 4. The van der Waals surface area contributed by atoms with Crippen molar-refractivity contribution in [1.82, 2.24) is 9.97 Å². The van der Waals surface area contributed by atoms with Gasteiger partial charge in [-0.05, 0) is 19.3 Å². The van der Waals surface area contributed by atoms with Crippen LogP contribution in [0.4, 0.5) is 19.0 Å². The van der Waals surface area contributed by atoms with E-state index in [4.69, 9.17) is 17.3 Å². The van der Waals surface area contributed by atoms with Gasteiger partial charge in [0.15, 0.2) is 16.7 Å². The number of anilines is 1. The quantitative estimate of drug-likeness (QED) is 0.873. The van der Waals surface area contributed by atoms with Crippen molar-refractivity contribution in [2.75, 3.05) is 5.32 Å². The van der Waals surface area contributed by atoms with E-state index < -0.39 is 11.9 Å². The Kier molecular flexibility index (Phi) is 3.63. The molecule has 0 spiro atoms. The van der Waals surface area contributed by atoms with Gasteiger partial charge in [0.2, 0.25) is 0 Å². The summed E-state index contributed by atoms with van der Waals surface area (Å²) in [4.78, 5) is 6.95. The van der Waals surface area contributed by atoms with E-state index in [1.165, 1.54) is 0 Å². The first kappa shape index (κ1) is 13.4. The van der Waals surface area contributed by atoms with Crippen LogP contribution in [0.15, 0.2) is 6.20 Å². The maximum absolute atomic E-state index is 12.4. The van der Waals surface area contributed by atoms with Crippen LogP contribution < -0.4 is 11.1 Å². The molecule has 1 heterocycles. The minimum Gasteiger partial charge on any atom is -0.363 e. The molecular weight excluding hydrogens is 269 g/mol. The summed E-state index contributed by atoms with van der Waals surface area (Å²) in [6.45, 7) is 0. The Morgan fingerprint density at radius 3 is 2.61 bits per heavy atom. The van der Waals surface area contributed by atoms with Crippen LogP contribution in [-0.2, 0) is 6.18 Å². The molecule has 0 aliphatic heterocycles. The van der Waals surface area contributed by atoms with Crippen molar-refractivity contribution in [3.8, 4) is 0 Å². The summed E-state index contributed by atoms with van der Waals surface area (Å²) in [6, 6.07) is -0.0568. The second-order valence-electron chi connectivity index (χ2n) is 4.24. The zero-order valence-electron chi connectivity index (χ0n) is 9.34. The van der Waals surface area contributed by atoms with Gasteiger partial charge in [-0.3, -0.25) is 0 Å². The second-order valence-corrected chi connectivity index (χ2v) is 4.60. The second kappa shape index (κ2) is 4.89. The number of alkyl halides is 3. The van der Waals surface area contributed by atoms with Gasteiger partial charge in [-0.1, -0.05) is 11.6 Å². The third-order valence-electron chi connectivity index (χ3n) is 2.91. The van der Waals surface area contributed by atoms with Crippen LogP contribution in [0.5, 0.6) is 0 Å². The molecule has 18 heavy (non-hydrogen) atoms. The van der Waals surface area contributed by atoms with Gasteiger partial charge in [0.05, 0.1) is 6.20 Å². The zero-order chi connectivity index (χ0) is 13.3. The summed E-state index contributed by atoms with van der Waals surface area (Å²) >= 11 is 5.68. The highest BCUT2D eigenvalue weighted by Gasteiger charge is 2.34. The Hall–Kier alpha value is -1.08. The van der Waals surface area contributed by atoms with Crippen LogP contribution >= 0.6 is 11.6 Å². The third kappa shape index (κ3) is 2.84. The highest BCUT2D eigenvalue weighted by atomic mass is 35.5. The molecule has 0 amide bonds. The number of rotatable bonds is 2. The summed E-state index contributed by atoms with van der Waals surface area (Å²) in [6.07, 6.45) is -1.18. The van der Waals surface area contributed by atoms with Crippen molar-refractivity contribution >= 4 is 17.4 Å². The summed E-state index contributed by atoms with van der Waals surface area (Å²) in [5, 5.41) is 2.65. The monoisotopic (exact) mass is 280 g/mol. The van der Waals surface area contributed by atoms with Crippen LogP contribution in [-0.4, -0.2) is 22.1 Å². The molecule has 0 saturated heterocycles.